The first-order valence-electron chi connectivity index (χ1n) is 9.65. The van der Waals surface area contributed by atoms with Gasteiger partial charge in [-0.05, 0) is 44.9 Å². The molecule has 0 saturated heterocycles. The third-order valence-electron chi connectivity index (χ3n) is 4.74. The minimum Gasteiger partial charge on any atom is -0.444 e. The van der Waals surface area contributed by atoms with Gasteiger partial charge in [-0.25, -0.2) is 9.78 Å². The fourth-order valence-corrected chi connectivity index (χ4v) is 3.34. The van der Waals surface area contributed by atoms with E-state index < -0.39 is 5.60 Å². The molecule has 0 spiro atoms. The predicted molar refractivity (Wildman–Crippen MR) is 113 cm³/mol. The Labute approximate surface area is 169 Å². The second kappa shape index (κ2) is 8.24. The lowest BCUT2D eigenvalue weighted by molar-refractivity contribution is 0.0270. The number of nitrogen functional groups attached to an aromatic ring is 1. The summed E-state index contributed by atoms with van der Waals surface area (Å²) in [6, 6.07) is 3.53. The van der Waals surface area contributed by atoms with Crippen LogP contribution in [0.3, 0.4) is 0 Å². The molecule has 8 heteroatoms. The average molecular weight is 400 g/mol. The highest BCUT2D eigenvalue weighted by Crippen LogP contribution is 2.32. The largest absolute Gasteiger partial charge is 0.444 e. The number of benzene rings is 1. The van der Waals surface area contributed by atoms with Gasteiger partial charge in [0, 0.05) is 31.5 Å². The van der Waals surface area contributed by atoms with E-state index in [1.807, 2.05) is 26.8 Å². The molecule has 2 aromatic rings. The average Bonchev–Trinajstić information content (AvgIpc) is 2.66. The molecular weight excluding hydrogens is 372 g/mol. The van der Waals surface area contributed by atoms with E-state index in [0.717, 1.165) is 5.57 Å². The highest BCUT2D eigenvalue weighted by molar-refractivity contribution is 5.96. The van der Waals surface area contributed by atoms with E-state index in [9.17, 15) is 9.59 Å². The van der Waals surface area contributed by atoms with Crippen molar-refractivity contribution in [3.63, 3.8) is 0 Å². The normalized spacial score (nSPS) is 14.8. The van der Waals surface area contributed by atoms with Crippen LogP contribution in [0.4, 0.5) is 10.5 Å². The molecular formula is C21H28N4O4. The maximum atomic E-state index is 13.1. The highest BCUT2D eigenvalue weighted by atomic mass is 16.6. The second-order valence-corrected chi connectivity index (χ2v) is 8.07. The molecule has 0 saturated carbocycles. The zero-order valence-corrected chi connectivity index (χ0v) is 17.4. The van der Waals surface area contributed by atoms with Crippen LogP contribution in [0.5, 0.6) is 0 Å². The summed E-state index contributed by atoms with van der Waals surface area (Å²) in [4.78, 5) is 31.4. The number of carbonyl (C=O) groups is 1. The maximum Gasteiger partial charge on any atom is 0.410 e. The van der Waals surface area contributed by atoms with E-state index >= 15 is 0 Å². The van der Waals surface area contributed by atoms with Crippen molar-refractivity contribution in [3.8, 4) is 0 Å². The van der Waals surface area contributed by atoms with Crippen molar-refractivity contribution < 1.29 is 14.3 Å². The Bertz CT molecular complexity index is 1000. The molecule has 156 valence electrons. The molecule has 1 aromatic heterocycles. The van der Waals surface area contributed by atoms with Gasteiger partial charge >= 0.3 is 6.09 Å². The van der Waals surface area contributed by atoms with Crippen molar-refractivity contribution in [3.05, 3.63) is 40.5 Å². The SMILES string of the molecule is COCCn1cnc2ccc(N)c(C3=CCN(C(=O)OC(C)(C)C)CC3)c2c1=O. The molecule has 0 atom stereocenters. The van der Waals surface area contributed by atoms with Gasteiger partial charge in [0.05, 0.1) is 30.4 Å². The quantitative estimate of drug-likeness (QED) is 0.792. The molecule has 2 N–H and O–H groups in total. The second-order valence-electron chi connectivity index (χ2n) is 8.07. The van der Waals surface area contributed by atoms with Crippen LogP contribution in [0.15, 0.2) is 29.3 Å². The Hall–Kier alpha value is -2.87. The van der Waals surface area contributed by atoms with Crippen LogP contribution in [-0.2, 0) is 16.0 Å². The number of hydrogen-bond acceptors (Lipinski definition) is 6. The third-order valence-corrected chi connectivity index (χ3v) is 4.74. The van der Waals surface area contributed by atoms with Gasteiger partial charge in [-0.1, -0.05) is 6.08 Å². The van der Waals surface area contributed by atoms with Gasteiger partial charge in [0.15, 0.2) is 0 Å². The molecule has 0 fully saturated rings. The Kier molecular flexibility index (Phi) is 5.93. The first kappa shape index (κ1) is 20.9. The van der Waals surface area contributed by atoms with Gasteiger partial charge in [0.2, 0.25) is 0 Å². The number of hydrogen-bond donors (Lipinski definition) is 1. The molecule has 0 radical (unpaired) electrons. The Morgan fingerprint density at radius 1 is 1.31 bits per heavy atom. The van der Waals surface area contributed by atoms with E-state index in [4.69, 9.17) is 15.2 Å². The number of fused-ring (bicyclic) bond motifs is 1. The Morgan fingerprint density at radius 3 is 2.69 bits per heavy atom. The third kappa shape index (κ3) is 4.59. The van der Waals surface area contributed by atoms with E-state index in [1.54, 1.807) is 24.1 Å². The fourth-order valence-electron chi connectivity index (χ4n) is 3.34. The molecule has 8 nitrogen and oxygen atoms in total. The summed E-state index contributed by atoms with van der Waals surface area (Å²) in [5.41, 5.74) is 8.35. The number of nitrogens with zero attached hydrogens (tertiary/aromatic N) is 3. The van der Waals surface area contributed by atoms with E-state index in [2.05, 4.69) is 4.98 Å². The van der Waals surface area contributed by atoms with Gasteiger partial charge in [-0.15, -0.1) is 0 Å². The monoisotopic (exact) mass is 400 g/mol. The van der Waals surface area contributed by atoms with Crippen LogP contribution >= 0.6 is 0 Å². The van der Waals surface area contributed by atoms with Crippen LogP contribution in [0.2, 0.25) is 0 Å². The topological polar surface area (TPSA) is 99.7 Å². The summed E-state index contributed by atoms with van der Waals surface area (Å²) in [5.74, 6) is 0. The van der Waals surface area contributed by atoms with Gasteiger partial charge in [0.25, 0.3) is 5.56 Å². The maximum absolute atomic E-state index is 13.1. The predicted octanol–water partition coefficient (Wildman–Crippen LogP) is 2.65. The number of anilines is 1. The highest BCUT2D eigenvalue weighted by Gasteiger charge is 2.25. The summed E-state index contributed by atoms with van der Waals surface area (Å²) < 4.78 is 12.1. The van der Waals surface area contributed by atoms with E-state index in [1.165, 1.54) is 10.9 Å². The molecule has 1 aliphatic heterocycles. The van der Waals surface area contributed by atoms with Crippen molar-refractivity contribution in [2.75, 3.05) is 32.5 Å². The molecule has 0 unspecified atom stereocenters. The van der Waals surface area contributed by atoms with Gasteiger partial charge in [-0.2, -0.15) is 0 Å². The van der Waals surface area contributed by atoms with Gasteiger partial charge in [0.1, 0.15) is 5.60 Å². The molecule has 3 rings (SSSR count). The smallest absolute Gasteiger partial charge is 0.410 e. The van der Waals surface area contributed by atoms with Crippen LogP contribution in [-0.4, -0.2) is 53.0 Å². The minimum absolute atomic E-state index is 0.148. The number of amides is 1. The number of ether oxygens (including phenoxy) is 2. The lowest BCUT2D eigenvalue weighted by Gasteiger charge is -2.30. The van der Waals surface area contributed by atoms with Crippen molar-refractivity contribution >= 4 is 28.3 Å². The summed E-state index contributed by atoms with van der Waals surface area (Å²) in [6.45, 7) is 7.25. The van der Waals surface area contributed by atoms with Gasteiger partial charge in [-0.3, -0.25) is 9.36 Å². The van der Waals surface area contributed by atoms with E-state index in [-0.39, 0.29) is 11.7 Å². The summed E-state index contributed by atoms with van der Waals surface area (Å²) in [7, 11) is 1.59. The first-order chi connectivity index (χ1) is 13.7. The molecule has 1 aromatic carbocycles. The van der Waals surface area contributed by atoms with Crippen molar-refractivity contribution in [1.29, 1.82) is 0 Å². The van der Waals surface area contributed by atoms with Crippen LogP contribution in [0, 0.1) is 0 Å². The molecule has 2 heterocycles. The molecule has 1 amide bonds. The number of rotatable bonds is 4. The number of methoxy groups -OCH3 is 1. The fraction of sp³-hybridized carbons (Fsp3) is 0.476. The standard InChI is InChI=1S/C21H28N4O4/c1-21(2,3)29-20(27)24-9-7-14(8-10-24)17-15(22)5-6-16-18(17)19(26)25(13-23-16)11-12-28-4/h5-7,13H,8-12,22H2,1-4H3. The Morgan fingerprint density at radius 2 is 2.07 bits per heavy atom. The molecule has 29 heavy (non-hydrogen) atoms. The lowest BCUT2D eigenvalue weighted by Crippen LogP contribution is -2.39. The zero-order valence-electron chi connectivity index (χ0n) is 17.4. The first-order valence-corrected chi connectivity index (χ1v) is 9.65. The summed E-state index contributed by atoms with van der Waals surface area (Å²) in [6.07, 6.45) is 3.70. The van der Waals surface area contributed by atoms with Crippen molar-refractivity contribution in [2.45, 2.75) is 39.3 Å². The minimum atomic E-state index is -0.542. The molecule has 0 bridgehead atoms. The zero-order chi connectivity index (χ0) is 21.2. The Balaban J connectivity index is 1.96. The van der Waals surface area contributed by atoms with Crippen molar-refractivity contribution in [1.82, 2.24) is 14.5 Å². The van der Waals surface area contributed by atoms with E-state index in [0.29, 0.717) is 54.8 Å². The number of nitrogens with two attached hydrogens (primary N) is 1. The lowest BCUT2D eigenvalue weighted by atomic mass is 9.94. The summed E-state index contributed by atoms with van der Waals surface area (Å²) in [5, 5.41) is 0.501. The van der Waals surface area contributed by atoms with Crippen LogP contribution < -0.4 is 11.3 Å². The van der Waals surface area contributed by atoms with Crippen molar-refractivity contribution in [2.24, 2.45) is 0 Å². The molecule has 0 aliphatic carbocycles. The van der Waals surface area contributed by atoms with Crippen LogP contribution in [0.25, 0.3) is 16.5 Å². The number of carbonyl (C=O) groups excluding carboxylic acids is 1. The molecule has 1 aliphatic rings. The van der Waals surface area contributed by atoms with Crippen LogP contribution in [0.1, 0.15) is 32.8 Å². The summed E-state index contributed by atoms with van der Waals surface area (Å²) >= 11 is 0. The number of aromatic nitrogens is 2. The van der Waals surface area contributed by atoms with Gasteiger partial charge < -0.3 is 20.1 Å².